The Morgan fingerprint density at radius 2 is 1.86 bits per heavy atom. The van der Waals surface area contributed by atoms with E-state index in [9.17, 15) is 0 Å². The molecule has 2 aromatic rings. The van der Waals surface area contributed by atoms with Crippen LogP contribution >= 0.6 is 39.9 Å². The highest BCUT2D eigenvalue weighted by Crippen LogP contribution is 2.27. The molecule has 2 N–H and O–H groups in total. The summed E-state index contributed by atoms with van der Waals surface area (Å²) in [5, 5.41) is 6.91. The van der Waals surface area contributed by atoms with Crippen LogP contribution in [-0.2, 0) is 6.54 Å². The fourth-order valence-corrected chi connectivity index (χ4v) is 3.59. The highest BCUT2D eigenvalue weighted by atomic mass is 127. The fourth-order valence-electron chi connectivity index (χ4n) is 3.33. The quantitative estimate of drug-likeness (QED) is 0.310. The standard InChI is InChI=1S/C21H27BrN4O2.HI/c1-23-21(24-13-15-4-9-19(27-2)20(12-15)28-3)25-17-10-11-26(14-17)18-7-5-16(22)6-8-18;/h4-9,12,17H,10-11,13-14H2,1-3H3,(H2,23,24,25);1H. The molecule has 1 aliphatic rings. The van der Waals surface area contributed by atoms with Crippen molar-refractivity contribution in [2.24, 2.45) is 4.99 Å². The van der Waals surface area contributed by atoms with E-state index in [0.717, 1.165) is 47.0 Å². The number of nitrogens with zero attached hydrogens (tertiary/aromatic N) is 2. The molecule has 0 bridgehead atoms. The molecule has 1 saturated heterocycles. The van der Waals surface area contributed by atoms with E-state index in [1.165, 1.54) is 5.69 Å². The smallest absolute Gasteiger partial charge is 0.191 e. The van der Waals surface area contributed by atoms with Crippen LogP contribution in [0.5, 0.6) is 11.5 Å². The molecule has 3 rings (SSSR count). The predicted octanol–water partition coefficient (Wildman–Crippen LogP) is 4.03. The lowest BCUT2D eigenvalue weighted by atomic mass is 10.2. The van der Waals surface area contributed by atoms with Crippen LogP contribution in [0.2, 0.25) is 0 Å². The molecule has 8 heteroatoms. The normalized spacial score (nSPS) is 16.2. The van der Waals surface area contributed by atoms with Crippen molar-refractivity contribution in [1.82, 2.24) is 10.6 Å². The number of aliphatic imine (C=N–C) groups is 1. The summed E-state index contributed by atoms with van der Waals surface area (Å²) < 4.78 is 11.8. The lowest BCUT2D eigenvalue weighted by molar-refractivity contribution is 0.354. The minimum Gasteiger partial charge on any atom is -0.493 e. The molecule has 1 atom stereocenters. The Morgan fingerprint density at radius 3 is 2.52 bits per heavy atom. The molecule has 29 heavy (non-hydrogen) atoms. The number of ether oxygens (including phenoxy) is 2. The minimum absolute atomic E-state index is 0. The van der Waals surface area contributed by atoms with Gasteiger partial charge >= 0.3 is 0 Å². The van der Waals surface area contributed by atoms with Gasteiger partial charge in [0.1, 0.15) is 0 Å². The summed E-state index contributed by atoms with van der Waals surface area (Å²) in [5.41, 5.74) is 2.35. The zero-order chi connectivity index (χ0) is 19.9. The SMILES string of the molecule is CN=C(NCc1ccc(OC)c(OC)c1)NC1CCN(c2ccc(Br)cc2)C1.I. The molecule has 0 spiro atoms. The first-order valence-corrected chi connectivity index (χ1v) is 10.1. The molecular weight excluding hydrogens is 547 g/mol. The lowest BCUT2D eigenvalue weighted by Crippen LogP contribution is -2.44. The summed E-state index contributed by atoms with van der Waals surface area (Å²) >= 11 is 3.49. The topological polar surface area (TPSA) is 58.1 Å². The lowest BCUT2D eigenvalue weighted by Gasteiger charge is -2.20. The number of rotatable bonds is 6. The third-order valence-electron chi connectivity index (χ3n) is 4.85. The van der Waals surface area contributed by atoms with Crippen LogP contribution in [0.1, 0.15) is 12.0 Å². The maximum atomic E-state index is 5.37. The van der Waals surface area contributed by atoms with Crippen LogP contribution in [0.25, 0.3) is 0 Å². The third kappa shape index (κ3) is 6.40. The van der Waals surface area contributed by atoms with Gasteiger partial charge in [0.2, 0.25) is 0 Å². The van der Waals surface area contributed by atoms with Crippen LogP contribution in [0, 0.1) is 0 Å². The van der Waals surface area contributed by atoms with Crippen LogP contribution in [0.4, 0.5) is 5.69 Å². The van der Waals surface area contributed by atoms with Gasteiger partial charge in [0.25, 0.3) is 0 Å². The monoisotopic (exact) mass is 574 g/mol. The summed E-state index contributed by atoms with van der Waals surface area (Å²) in [6.07, 6.45) is 1.08. The molecular formula is C21H28BrIN4O2. The number of methoxy groups -OCH3 is 2. The largest absolute Gasteiger partial charge is 0.493 e. The van der Waals surface area contributed by atoms with Gasteiger partial charge in [0.05, 0.1) is 14.2 Å². The van der Waals surface area contributed by atoms with Crippen LogP contribution < -0.4 is 25.0 Å². The Morgan fingerprint density at radius 1 is 1.14 bits per heavy atom. The zero-order valence-electron chi connectivity index (χ0n) is 16.9. The summed E-state index contributed by atoms with van der Waals surface area (Å²) in [7, 11) is 5.08. The molecule has 1 heterocycles. The molecule has 1 aliphatic heterocycles. The van der Waals surface area contributed by atoms with Crippen molar-refractivity contribution in [2.45, 2.75) is 19.0 Å². The van der Waals surface area contributed by atoms with E-state index in [1.54, 1.807) is 21.3 Å². The van der Waals surface area contributed by atoms with E-state index in [-0.39, 0.29) is 24.0 Å². The summed E-state index contributed by atoms with van der Waals surface area (Å²) in [6, 6.07) is 14.7. The van der Waals surface area contributed by atoms with E-state index in [2.05, 4.69) is 60.7 Å². The molecule has 2 aromatic carbocycles. The van der Waals surface area contributed by atoms with E-state index >= 15 is 0 Å². The number of halogens is 2. The van der Waals surface area contributed by atoms with Gasteiger partial charge in [-0.15, -0.1) is 24.0 Å². The zero-order valence-corrected chi connectivity index (χ0v) is 20.9. The number of benzene rings is 2. The van der Waals surface area contributed by atoms with Crippen LogP contribution in [0.3, 0.4) is 0 Å². The van der Waals surface area contributed by atoms with Crippen molar-refractivity contribution in [3.63, 3.8) is 0 Å². The first kappa shape index (κ1) is 23.6. The first-order valence-electron chi connectivity index (χ1n) is 9.31. The summed E-state index contributed by atoms with van der Waals surface area (Å²) in [5.74, 6) is 2.26. The fraction of sp³-hybridized carbons (Fsp3) is 0.381. The highest BCUT2D eigenvalue weighted by molar-refractivity contribution is 14.0. The summed E-state index contributed by atoms with van der Waals surface area (Å²) in [6.45, 7) is 2.65. The molecule has 6 nitrogen and oxygen atoms in total. The second-order valence-corrected chi connectivity index (χ2v) is 7.58. The van der Waals surface area contributed by atoms with Gasteiger partial charge in [0.15, 0.2) is 17.5 Å². The Bertz CT molecular complexity index is 817. The minimum atomic E-state index is 0. The Hall–Kier alpha value is -1.68. The van der Waals surface area contributed by atoms with E-state index < -0.39 is 0 Å². The average Bonchev–Trinajstić information content (AvgIpc) is 3.19. The van der Waals surface area contributed by atoms with Crippen molar-refractivity contribution in [1.29, 1.82) is 0 Å². The van der Waals surface area contributed by atoms with Crippen LogP contribution in [-0.4, -0.2) is 46.4 Å². The van der Waals surface area contributed by atoms with Gasteiger partial charge in [-0.25, -0.2) is 0 Å². The summed E-state index contributed by atoms with van der Waals surface area (Å²) in [4.78, 5) is 6.76. The van der Waals surface area contributed by atoms with Crippen molar-refractivity contribution in [3.8, 4) is 11.5 Å². The second-order valence-electron chi connectivity index (χ2n) is 6.67. The van der Waals surface area contributed by atoms with Crippen molar-refractivity contribution in [2.75, 3.05) is 39.3 Å². The van der Waals surface area contributed by atoms with Crippen molar-refractivity contribution < 1.29 is 9.47 Å². The third-order valence-corrected chi connectivity index (χ3v) is 5.38. The first-order chi connectivity index (χ1) is 13.6. The molecule has 1 unspecified atom stereocenters. The van der Waals surface area contributed by atoms with E-state index in [4.69, 9.17) is 9.47 Å². The molecule has 158 valence electrons. The Kier molecular flexibility index (Phi) is 9.35. The highest BCUT2D eigenvalue weighted by Gasteiger charge is 2.23. The maximum absolute atomic E-state index is 5.37. The van der Waals surface area contributed by atoms with Gasteiger partial charge in [-0.2, -0.15) is 0 Å². The number of hydrogen-bond acceptors (Lipinski definition) is 4. The number of hydrogen-bond donors (Lipinski definition) is 2. The van der Waals surface area contributed by atoms with Crippen LogP contribution in [0.15, 0.2) is 51.9 Å². The molecule has 0 saturated carbocycles. The number of guanidine groups is 1. The molecule has 0 aromatic heterocycles. The number of nitrogens with one attached hydrogen (secondary N) is 2. The van der Waals surface area contributed by atoms with Gasteiger partial charge < -0.3 is 25.0 Å². The molecule has 0 amide bonds. The Balaban J connectivity index is 0.00000300. The Labute approximate surface area is 198 Å². The maximum Gasteiger partial charge on any atom is 0.191 e. The predicted molar refractivity (Wildman–Crippen MR) is 133 cm³/mol. The van der Waals surface area contributed by atoms with Gasteiger partial charge in [0, 0.05) is 42.9 Å². The van der Waals surface area contributed by atoms with Crippen molar-refractivity contribution >= 4 is 51.6 Å². The van der Waals surface area contributed by atoms with E-state index in [1.807, 2.05) is 18.2 Å². The second kappa shape index (κ2) is 11.5. The molecule has 0 radical (unpaired) electrons. The van der Waals surface area contributed by atoms with Crippen molar-refractivity contribution in [3.05, 3.63) is 52.5 Å². The van der Waals surface area contributed by atoms with E-state index in [0.29, 0.717) is 12.6 Å². The number of anilines is 1. The molecule has 0 aliphatic carbocycles. The van der Waals surface area contributed by atoms with Gasteiger partial charge in [-0.05, 0) is 48.4 Å². The van der Waals surface area contributed by atoms with Gasteiger partial charge in [-0.3, -0.25) is 4.99 Å². The average molecular weight is 575 g/mol. The van der Waals surface area contributed by atoms with Gasteiger partial charge in [-0.1, -0.05) is 22.0 Å². The molecule has 1 fully saturated rings.